The van der Waals surface area contributed by atoms with Gasteiger partial charge < -0.3 is 6.07 Å². The molecule has 10 heavy (non-hydrogen) atoms. The smallest absolute Gasteiger partial charge is 0.108 e. The maximum atomic E-state index is 3.81. The van der Waals surface area contributed by atoms with Crippen molar-refractivity contribution in [1.82, 2.24) is 9.97 Å². The van der Waals surface area contributed by atoms with Crippen LogP contribution in [0.2, 0.25) is 0 Å². The van der Waals surface area contributed by atoms with Gasteiger partial charge >= 0.3 is 0 Å². The molecule has 1 aromatic heterocycles. The van der Waals surface area contributed by atoms with Crippen molar-refractivity contribution in [3.63, 3.8) is 0 Å². The normalized spacial score (nSPS) is 6.70. The summed E-state index contributed by atoms with van der Waals surface area (Å²) in [5, 5.41) is 0. The van der Waals surface area contributed by atoms with Gasteiger partial charge in [0.1, 0.15) is 6.33 Å². The zero-order valence-corrected chi connectivity index (χ0v) is 10.7. The predicted octanol–water partition coefficient (Wildman–Crippen LogP) is 1.61. The van der Waals surface area contributed by atoms with Gasteiger partial charge in [0.05, 0.1) is 0 Å². The minimum atomic E-state index is 0. The van der Waals surface area contributed by atoms with E-state index in [-0.39, 0.29) is 31.1 Å². The van der Waals surface area contributed by atoms with Crippen molar-refractivity contribution in [1.29, 1.82) is 0 Å². The van der Waals surface area contributed by atoms with Gasteiger partial charge in [0.25, 0.3) is 0 Å². The standard InChI is InChI=1S/C5H5N2.C2H6.U/c1-5-2-3-6-4-7-5;1-2;/h3-4H,1H3;1-2H3;/q-1;;. The van der Waals surface area contributed by atoms with Crippen LogP contribution in [0, 0.1) is 44.1 Å². The Morgan fingerprint density at radius 3 is 2.20 bits per heavy atom. The molecule has 0 saturated heterocycles. The summed E-state index contributed by atoms with van der Waals surface area (Å²) in [6, 6.07) is 2.81. The van der Waals surface area contributed by atoms with Gasteiger partial charge in [-0.05, 0) is 0 Å². The van der Waals surface area contributed by atoms with E-state index in [2.05, 4.69) is 16.0 Å². The second-order valence-electron chi connectivity index (χ2n) is 1.25. The molecule has 3 heteroatoms. The summed E-state index contributed by atoms with van der Waals surface area (Å²) in [5.74, 6) is 0. The van der Waals surface area contributed by atoms with Gasteiger partial charge in [-0.1, -0.05) is 20.8 Å². The Balaban J connectivity index is 0. The van der Waals surface area contributed by atoms with E-state index in [0.717, 1.165) is 5.69 Å². The van der Waals surface area contributed by atoms with Crippen molar-refractivity contribution >= 4 is 0 Å². The van der Waals surface area contributed by atoms with Crippen LogP contribution < -0.4 is 0 Å². The number of aryl methyl sites for hydroxylation is 1. The largest absolute Gasteiger partial charge is 0.431 e. The SMILES string of the molecule is CC.Cc1[c-]cncn1.[U]. The Hall–Kier alpha value is 0.132. The first kappa shape index (κ1) is 12.8. The number of aromatic nitrogens is 2. The van der Waals surface area contributed by atoms with Crippen LogP contribution in [-0.2, 0) is 0 Å². The van der Waals surface area contributed by atoms with Gasteiger partial charge in [-0.2, -0.15) is 0 Å². The van der Waals surface area contributed by atoms with Crippen LogP contribution in [0.15, 0.2) is 12.5 Å². The van der Waals surface area contributed by atoms with E-state index in [1.165, 1.54) is 6.33 Å². The molecule has 0 atom stereocenters. The molecule has 1 rings (SSSR count). The molecule has 1 heterocycles. The van der Waals surface area contributed by atoms with Crippen LogP contribution in [0.1, 0.15) is 19.5 Å². The van der Waals surface area contributed by atoms with Gasteiger partial charge in [0, 0.05) is 31.1 Å². The van der Waals surface area contributed by atoms with Crippen molar-refractivity contribution in [2.45, 2.75) is 20.8 Å². The predicted molar refractivity (Wildman–Crippen MR) is 37.0 cm³/mol. The van der Waals surface area contributed by atoms with Crippen molar-refractivity contribution in [2.24, 2.45) is 0 Å². The Labute approximate surface area is 85.9 Å². The summed E-state index contributed by atoms with van der Waals surface area (Å²) >= 11 is 0. The average molecular weight is 361 g/mol. The monoisotopic (exact) mass is 361 g/mol. The Kier molecular flexibility index (Phi) is 11.7. The average Bonchev–Trinajstić information content (AvgIpc) is 1.94. The maximum Gasteiger partial charge on any atom is 0.108 e. The van der Waals surface area contributed by atoms with Crippen LogP contribution in [0.3, 0.4) is 0 Å². The van der Waals surface area contributed by atoms with E-state index < -0.39 is 0 Å². The first-order chi connectivity index (χ1) is 4.39. The minimum absolute atomic E-state index is 0. The molecular formula is C7H11N2U-. The fourth-order valence-electron chi connectivity index (χ4n) is 0.321. The third-order valence-corrected chi connectivity index (χ3v) is 0.666. The van der Waals surface area contributed by atoms with Gasteiger partial charge in [0.2, 0.25) is 0 Å². The quantitative estimate of drug-likeness (QED) is 0.657. The van der Waals surface area contributed by atoms with Crippen molar-refractivity contribution in [3.05, 3.63) is 24.3 Å². The Bertz CT molecular complexity index is 142. The van der Waals surface area contributed by atoms with E-state index in [0.29, 0.717) is 0 Å². The third kappa shape index (κ3) is 6.25. The van der Waals surface area contributed by atoms with E-state index in [1.54, 1.807) is 6.20 Å². The number of hydrogen-bond donors (Lipinski definition) is 0. The molecule has 0 spiro atoms. The summed E-state index contributed by atoms with van der Waals surface area (Å²) in [5.41, 5.74) is 0.884. The van der Waals surface area contributed by atoms with Crippen molar-refractivity contribution < 1.29 is 31.1 Å². The summed E-state index contributed by atoms with van der Waals surface area (Å²) in [6.45, 7) is 5.88. The molecular weight excluding hydrogens is 350 g/mol. The second kappa shape index (κ2) is 9.13. The minimum Gasteiger partial charge on any atom is -0.431 e. The molecule has 0 N–H and O–H groups in total. The van der Waals surface area contributed by atoms with Crippen LogP contribution in [0.5, 0.6) is 0 Å². The molecule has 0 bridgehead atoms. The first-order valence-electron chi connectivity index (χ1n) is 3.04. The van der Waals surface area contributed by atoms with Crippen LogP contribution in [0.25, 0.3) is 0 Å². The molecule has 0 saturated carbocycles. The number of hydrogen-bond acceptors (Lipinski definition) is 2. The summed E-state index contributed by atoms with van der Waals surface area (Å²) in [6.07, 6.45) is 3.11. The van der Waals surface area contributed by atoms with E-state index >= 15 is 0 Å². The summed E-state index contributed by atoms with van der Waals surface area (Å²) < 4.78 is 0. The van der Waals surface area contributed by atoms with E-state index in [4.69, 9.17) is 0 Å². The molecule has 0 fully saturated rings. The van der Waals surface area contributed by atoms with Gasteiger partial charge in [-0.25, -0.2) is 0 Å². The molecule has 0 amide bonds. The molecule has 1 aromatic rings. The fraction of sp³-hybridized carbons (Fsp3) is 0.429. The van der Waals surface area contributed by atoms with Gasteiger partial charge in [-0.15, -0.1) is 11.9 Å². The molecule has 2 nitrogen and oxygen atoms in total. The van der Waals surface area contributed by atoms with Crippen LogP contribution >= 0.6 is 0 Å². The zero-order valence-electron chi connectivity index (χ0n) is 6.55. The van der Waals surface area contributed by atoms with Gasteiger partial charge in [0.15, 0.2) is 0 Å². The number of rotatable bonds is 0. The molecule has 0 aliphatic rings. The molecule has 0 radical (unpaired) electrons. The molecule has 0 aromatic carbocycles. The maximum absolute atomic E-state index is 3.81. The first-order valence-corrected chi connectivity index (χ1v) is 3.04. The van der Waals surface area contributed by atoms with E-state index in [9.17, 15) is 0 Å². The summed E-state index contributed by atoms with van der Waals surface area (Å²) in [7, 11) is 0. The second-order valence-corrected chi connectivity index (χ2v) is 1.25. The molecule has 0 unspecified atom stereocenters. The van der Waals surface area contributed by atoms with Gasteiger partial charge in [-0.3, -0.25) is 9.97 Å². The third-order valence-electron chi connectivity index (χ3n) is 0.666. The van der Waals surface area contributed by atoms with E-state index in [1.807, 2.05) is 20.8 Å². The van der Waals surface area contributed by atoms with Crippen molar-refractivity contribution in [2.75, 3.05) is 0 Å². The van der Waals surface area contributed by atoms with Crippen molar-refractivity contribution in [3.8, 4) is 0 Å². The summed E-state index contributed by atoms with van der Waals surface area (Å²) in [4.78, 5) is 7.49. The fourth-order valence-corrected chi connectivity index (χ4v) is 0.321. The molecule has 54 valence electrons. The number of nitrogens with zero attached hydrogens (tertiary/aromatic N) is 2. The Morgan fingerprint density at radius 1 is 1.40 bits per heavy atom. The Morgan fingerprint density at radius 2 is 2.00 bits per heavy atom. The zero-order chi connectivity index (χ0) is 7.11. The van der Waals surface area contributed by atoms with Crippen LogP contribution in [0.4, 0.5) is 0 Å². The van der Waals surface area contributed by atoms with Crippen LogP contribution in [-0.4, -0.2) is 9.97 Å². The molecule has 0 aliphatic heterocycles. The topological polar surface area (TPSA) is 25.8 Å². The molecule has 0 aliphatic carbocycles.